The Kier molecular flexibility index (Phi) is 4.20. The van der Waals surface area contributed by atoms with Crippen molar-refractivity contribution in [1.82, 2.24) is 4.98 Å². The van der Waals surface area contributed by atoms with Crippen molar-refractivity contribution in [2.24, 2.45) is 0 Å². The maximum absolute atomic E-state index is 12.0. The highest BCUT2D eigenvalue weighted by atomic mass is 16.5. The van der Waals surface area contributed by atoms with E-state index in [9.17, 15) is 4.79 Å². The van der Waals surface area contributed by atoms with E-state index >= 15 is 0 Å². The van der Waals surface area contributed by atoms with E-state index in [4.69, 9.17) is 10.5 Å². The van der Waals surface area contributed by atoms with E-state index in [2.05, 4.69) is 10.3 Å². The number of benzene rings is 1. The van der Waals surface area contributed by atoms with Crippen molar-refractivity contribution in [1.29, 1.82) is 0 Å². The molecule has 20 heavy (non-hydrogen) atoms. The van der Waals surface area contributed by atoms with Gasteiger partial charge in [-0.25, -0.2) is 4.98 Å². The molecule has 1 heterocycles. The van der Waals surface area contributed by atoms with E-state index < -0.39 is 0 Å². The molecule has 0 bridgehead atoms. The average Bonchev–Trinajstić information content (AvgIpc) is 2.40. The Labute approximate surface area is 117 Å². The number of nitrogens with zero attached hydrogens (tertiary/aromatic N) is 1. The minimum absolute atomic E-state index is 0.121. The summed E-state index contributed by atoms with van der Waals surface area (Å²) in [5.74, 6) is 0.862. The lowest BCUT2D eigenvalue weighted by molar-refractivity contribution is 0.102. The number of hydrogen-bond acceptors (Lipinski definition) is 4. The van der Waals surface area contributed by atoms with Crippen molar-refractivity contribution in [3.05, 3.63) is 48.2 Å². The molecule has 1 aromatic carbocycles. The van der Waals surface area contributed by atoms with Crippen LogP contribution in [0.25, 0.3) is 0 Å². The summed E-state index contributed by atoms with van der Waals surface area (Å²) >= 11 is 0. The van der Waals surface area contributed by atoms with Gasteiger partial charge in [0.15, 0.2) is 0 Å². The molecule has 0 saturated heterocycles. The molecule has 0 aliphatic heterocycles. The van der Waals surface area contributed by atoms with Crippen LogP contribution in [-0.2, 0) is 0 Å². The minimum Gasteiger partial charge on any atom is -0.491 e. The standard InChI is InChI=1S/C15H17N3O2/c1-10(2)20-13-5-3-12(4-6-13)18-15(19)11-7-8-17-14(16)9-11/h3-10H,1-2H3,(H2,16,17)(H,18,19). The topological polar surface area (TPSA) is 77.2 Å². The SMILES string of the molecule is CC(C)Oc1ccc(NC(=O)c2ccnc(N)c2)cc1. The van der Waals surface area contributed by atoms with E-state index in [-0.39, 0.29) is 12.0 Å². The van der Waals surface area contributed by atoms with E-state index in [1.54, 1.807) is 18.2 Å². The Balaban J connectivity index is 2.04. The zero-order valence-corrected chi connectivity index (χ0v) is 11.5. The molecule has 2 rings (SSSR count). The summed E-state index contributed by atoms with van der Waals surface area (Å²) in [5.41, 5.74) is 6.72. The number of hydrogen-bond donors (Lipinski definition) is 2. The van der Waals surface area contributed by atoms with E-state index in [0.29, 0.717) is 17.1 Å². The van der Waals surface area contributed by atoms with Gasteiger partial charge in [-0.1, -0.05) is 0 Å². The van der Waals surface area contributed by atoms with Gasteiger partial charge in [-0.2, -0.15) is 0 Å². The van der Waals surface area contributed by atoms with E-state index in [0.717, 1.165) is 5.75 Å². The number of aromatic nitrogens is 1. The molecule has 3 N–H and O–H groups in total. The maximum atomic E-state index is 12.0. The van der Waals surface area contributed by atoms with Gasteiger partial charge in [0.1, 0.15) is 11.6 Å². The van der Waals surface area contributed by atoms with Crippen LogP contribution < -0.4 is 15.8 Å². The van der Waals surface area contributed by atoms with Gasteiger partial charge in [-0.15, -0.1) is 0 Å². The van der Waals surface area contributed by atoms with Crippen LogP contribution in [0.2, 0.25) is 0 Å². The van der Waals surface area contributed by atoms with Crippen molar-refractivity contribution in [2.75, 3.05) is 11.1 Å². The first-order valence-corrected chi connectivity index (χ1v) is 6.34. The summed E-state index contributed by atoms with van der Waals surface area (Å²) in [7, 11) is 0. The number of amides is 1. The smallest absolute Gasteiger partial charge is 0.255 e. The number of carbonyl (C=O) groups is 1. The summed E-state index contributed by atoms with van der Waals surface area (Å²) in [4.78, 5) is 15.9. The highest BCUT2D eigenvalue weighted by molar-refractivity contribution is 6.04. The van der Waals surface area contributed by atoms with Crippen LogP contribution in [-0.4, -0.2) is 17.0 Å². The number of ether oxygens (including phenoxy) is 1. The van der Waals surface area contributed by atoms with Crippen LogP contribution in [0.1, 0.15) is 24.2 Å². The van der Waals surface area contributed by atoms with Gasteiger partial charge in [0.25, 0.3) is 5.91 Å². The van der Waals surface area contributed by atoms with E-state index in [1.165, 1.54) is 12.3 Å². The zero-order valence-electron chi connectivity index (χ0n) is 11.5. The molecular weight excluding hydrogens is 254 g/mol. The first-order chi connectivity index (χ1) is 9.54. The average molecular weight is 271 g/mol. The minimum atomic E-state index is -0.225. The number of rotatable bonds is 4. The third-order valence-electron chi connectivity index (χ3n) is 2.53. The molecular formula is C15H17N3O2. The first-order valence-electron chi connectivity index (χ1n) is 6.34. The number of nitrogens with two attached hydrogens (primary N) is 1. The van der Waals surface area contributed by atoms with Gasteiger partial charge in [0.05, 0.1) is 6.10 Å². The van der Waals surface area contributed by atoms with Crippen molar-refractivity contribution >= 4 is 17.4 Å². The highest BCUT2D eigenvalue weighted by Gasteiger charge is 2.07. The fraction of sp³-hybridized carbons (Fsp3) is 0.200. The Bertz CT molecular complexity index is 594. The Morgan fingerprint density at radius 1 is 1.25 bits per heavy atom. The molecule has 2 aromatic rings. The number of carbonyl (C=O) groups excluding carboxylic acids is 1. The summed E-state index contributed by atoms with van der Waals surface area (Å²) in [6.07, 6.45) is 1.62. The van der Waals surface area contributed by atoms with Gasteiger partial charge in [-0.05, 0) is 50.2 Å². The van der Waals surface area contributed by atoms with Crippen LogP contribution >= 0.6 is 0 Å². The number of nitrogen functional groups attached to an aromatic ring is 1. The lowest BCUT2D eigenvalue weighted by Crippen LogP contribution is -2.12. The molecule has 0 spiro atoms. The highest BCUT2D eigenvalue weighted by Crippen LogP contribution is 2.17. The van der Waals surface area contributed by atoms with Gasteiger partial charge < -0.3 is 15.8 Å². The monoisotopic (exact) mass is 271 g/mol. The van der Waals surface area contributed by atoms with Crippen LogP contribution in [0, 0.1) is 0 Å². The molecule has 5 nitrogen and oxygen atoms in total. The summed E-state index contributed by atoms with van der Waals surface area (Å²) in [6, 6.07) is 10.4. The molecule has 5 heteroatoms. The largest absolute Gasteiger partial charge is 0.491 e. The van der Waals surface area contributed by atoms with Crippen LogP contribution in [0.15, 0.2) is 42.6 Å². The van der Waals surface area contributed by atoms with Gasteiger partial charge >= 0.3 is 0 Å². The second-order valence-corrected chi connectivity index (χ2v) is 4.61. The second-order valence-electron chi connectivity index (χ2n) is 4.61. The van der Waals surface area contributed by atoms with Crippen molar-refractivity contribution in [3.63, 3.8) is 0 Å². The molecule has 1 aromatic heterocycles. The predicted octanol–water partition coefficient (Wildman–Crippen LogP) is 2.70. The number of nitrogens with one attached hydrogen (secondary N) is 1. The summed E-state index contributed by atoms with van der Waals surface area (Å²) in [6.45, 7) is 3.92. The second kappa shape index (κ2) is 6.06. The third kappa shape index (κ3) is 3.71. The molecule has 1 amide bonds. The van der Waals surface area contributed by atoms with E-state index in [1.807, 2.05) is 26.0 Å². The molecule has 0 atom stereocenters. The molecule has 0 fully saturated rings. The molecule has 0 aliphatic carbocycles. The summed E-state index contributed by atoms with van der Waals surface area (Å²) < 4.78 is 5.54. The zero-order chi connectivity index (χ0) is 14.5. The Hall–Kier alpha value is -2.56. The van der Waals surface area contributed by atoms with Gasteiger partial charge in [0, 0.05) is 17.4 Å². The normalized spacial score (nSPS) is 10.3. The van der Waals surface area contributed by atoms with Crippen LogP contribution in [0.4, 0.5) is 11.5 Å². The van der Waals surface area contributed by atoms with Crippen molar-refractivity contribution in [3.8, 4) is 5.75 Å². The summed E-state index contributed by atoms with van der Waals surface area (Å²) in [5, 5.41) is 2.79. The first kappa shape index (κ1) is 13.9. The maximum Gasteiger partial charge on any atom is 0.255 e. The molecule has 0 saturated carbocycles. The van der Waals surface area contributed by atoms with Crippen molar-refractivity contribution < 1.29 is 9.53 Å². The van der Waals surface area contributed by atoms with Gasteiger partial charge in [0.2, 0.25) is 0 Å². The van der Waals surface area contributed by atoms with Gasteiger partial charge in [-0.3, -0.25) is 4.79 Å². The lowest BCUT2D eigenvalue weighted by Gasteiger charge is -2.10. The predicted molar refractivity (Wildman–Crippen MR) is 78.8 cm³/mol. The fourth-order valence-corrected chi connectivity index (χ4v) is 1.68. The molecule has 104 valence electrons. The molecule has 0 aliphatic rings. The number of pyridine rings is 1. The molecule has 0 radical (unpaired) electrons. The Morgan fingerprint density at radius 2 is 1.95 bits per heavy atom. The van der Waals surface area contributed by atoms with Crippen molar-refractivity contribution in [2.45, 2.75) is 20.0 Å². The quantitative estimate of drug-likeness (QED) is 0.896. The number of anilines is 2. The lowest BCUT2D eigenvalue weighted by atomic mass is 10.2. The van der Waals surface area contributed by atoms with Crippen LogP contribution in [0.3, 0.4) is 0 Å². The fourth-order valence-electron chi connectivity index (χ4n) is 1.68. The molecule has 0 unspecified atom stereocenters. The Morgan fingerprint density at radius 3 is 2.55 bits per heavy atom. The third-order valence-corrected chi connectivity index (χ3v) is 2.53. The van der Waals surface area contributed by atoms with Crippen LogP contribution in [0.5, 0.6) is 5.75 Å².